The average molecular weight is 372 g/mol. The van der Waals surface area contributed by atoms with Gasteiger partial charge in [0.25, 0.3) is 0 Å². The third-order valence-electron chi connectivity index (χ3n) is 2.15. The van der Waals surface area contributed by atoms with Gasteiger partial charge in [-0.25, -0.2) is 0 Å². The van der Waals surface area contributed by atoms with Gasteiger partial charge in [-0.1, -0.05) is 6.07 Å². The summed E-state index contributed by atoms with van der Waals surface area (Å²) in [4.78, 5) is 17.4. The summed E-state index contributed by atoms with van der Waals surface area (Å²) in [6, 6.07) is 5.98. The zero-order valence-electron chi connectivity index (χ0n) is 8.57. The molecule has 0 spiro atoms. The first kappa shape index (κ1) is 14.4. The number of hydrogen-bond donors (Lipinski definition) is 2. The highest BCUT2D eigenvalue weighted by molar-refractivity contribution is 9.13. The summed E-state index contributed by atoms with van der Waals surface area (Å²) in [5.74, 6) is 0. The molecule has 1 aromatic rings. The van der Waals surface area contributed by atoms with Crippen LogP contribution in [-0.4, -0.2) is 15.9 Å². The molecule has 6 heteroatoms. The van der Waals surface area contributed by atoms with Crippen molar-refractivity contribution >= 4 is 39.5 Å². The molecule has 0 aliphatic carbocycles. The molecule has 0 bridgehead atoms. The second-order valence-electron chi connectivity index (χ2n) is 3.59. The summed E-state index contributed by atoms with van der Waals surface area (Å²) in [6.45, 7) is 0. The number of benzene rings is 1. The van der Waals surface area contributed by atoms with Crippen molar-refractivity contribution in [2.45, 2.75) is 19.3 Å². The molecule has 3 nitrogen and oxygen atoms in total. The van der Waals surface area contributed by atoms with E-state index in [1.807, 2.05) is 18.2 Å². The number of rotatable bonds is 5. The SMILES string of the molecule is O=P(O)(O)CCCCc1ccc(Br)c(Br)c1. The number of halogens is 2. The van der Waals surface area contributed by atoms with Crippen molar-refractivity contribution in [2.75, 3.05) is 6.16 Å². The van der Waals surface area contributed by atoms with Crippen LogP contribution in [0.15, 0.2) is 27.1 Å². The highest BCUT2D eigenvalue weighted by atomic mass is 79.9. The van der Waals surface area contributed by atoms with Crippen molar-refractivity contribution in [1.82, 2.24) is 0 Å². The van der Waals surface area contributed by atoms with Gasteiger partial charge in [-0.2, -0.15) is 0 Å². The molecule has 0 aromatic heterocycles. The van der Waals surface area contributed by atoms with E-state index in [4.69, 9.17) is 9.79 Å². The van der Waals surface area contributed by atoms with Gasteiger partial charge in [0, 0.05) is 15.1 Å². The van der Waals surface area contributed by atoms with Crippen LogP contribution in [0.1, 0.15) is 18.4 Å². The maximum Gasteiger partial charge on any atom is 0.325 e. The minimum absolute atomic E-state index is 0.0231. The van der Waals surface area contributed by atoms with Crippen molar-refractivity contribution in [3.8, 4) is 0 Å². The molecule has 0 unspecified atom stereocenters. The molecule has 0 radical (unpaired) electrons. The van der Waals surface area contributed by atoms with Gasteiger partial charge in [-0.05, 0) is 68.8 Å². The summed E-state index contributed by atoms with van der Waals surface area (Å²) >= 11 is 6.80. The van der Waals surface area contributed by atoms with Crippen LogP contribution in [0.5, 0.6) is 0 Å². The van der Waals surface area contributed by atoms with Crippen molar-refractivity contribution < 1.29 is 14.4 Å². The summed E-state index contributed by atoms with van der Waals surface area (Å²) in [5, 5.41) is 0. The van der Waals surface area contributed by atoms with Gasteiger partial charge < -0.3 is 9.79 Å². The number of unbranched alkanes of at least 4 members (excludes halogenated alkanes) is 1. The molecule has 0 saturated carbocycles. The van der Waals surface area contributed by atoms with Crippen LogP contribution in [0.4, 0.5) is 0 Å². The monoisotopic (exact) mass is 370 g/mol. The number of aryl methyl sites for hydroxylation is 1. The molecule has 90 valence electrons. The smallest absolute Gasteiger partial charge is 0.324 e. The Balaban J connectivity index is 2.38. The van der Waals surface area contributed by atoms with E-state index in [2.05, 4.69) is 31.9 Å². The van der Waals surface area contributed by atoms with Crippen LogP contribution < -0.4 is 0 Å². The molecule has 16 heavy (non-hydrogen) atoms. The van der Waals surface area contributed by atoms with Gasteiger partial charge in [0.05, 0.1) is 0 Å². The Morgan fingerprint density at radius 2 is 1.81 bits per heavy atom. The first-order chi connectivity index (χ1) is 7.38. The average Bonchev–Trinajstić information content (AvgIpc) is 2.17. The molecule has 0 aliphatic heterocycles. The van der Waals surface area contributed by atoms with Gasteiger partial charge in [0.1, 0.15) is 0 Å². The minimum atomic E-state index is -3.82. The normalized spacial score (nSPS) is 11.8. The Labute approximate surface area is 112 Å². The van der Waals surface area contributed by atoms with Gasteiger partial charge in [-0.15, -0.1) is 0 Å². The van der Waals surface area contributed by atoms with Crippen LogP contribution in [0.3, 0.4) is 0 Å². The lowest BCUT2D eigenvalue weighted by Crippen LogP contribution is -1.91. The highest BCUT2D eigenvalue weighted by Gasteiger charge is 2.11. The molecule has 0 saturated heterocycles. The molecule has 0 fully saturated rings. The molecule has 1 aromatic carbocycles. The summed E-state index contributed by atoms with van der Waals surface area (Å²) in [5.41, 5.74) is 1.17. The zero-order chi connectivity index (χ0) is 12.2. The lowest BCUT2D eigenvalue weighted by molar-refractivity contribution is 0.371. The van der Waals surface area contributed by atoms with E-state index in [0.717, 1.165) is 21.8 Å². The summed E-state index contributed by atoms with van der Waals surface area (Å²) in [7, 11) is -3.82. The van der Waals surface area contributed by atoms with Crippen LogP contribution >= 0.6 is 39.5 Å². The van der Waals surface area contributed by atoms with Crippen LogP contribution in [-0.2, 0) is 11.0 Å². The maximum absolute atomic E-state index is 10.6. The molecular formula is C10H13Br2O3P. The standard InChI is InChI=1S/C10H13Br2O3P/c11-9-5-4-8(7-10(9)12)3-1-2-6-16(13,14)15/h4-5,7H,1-3,6H2,(H2,13,14,15). The summed E-state index contributed by atoms with van der Waals surface area (Å²) < 4.78 is 12.6. The third-order valence-corrected chi connectivity index (χ3v) is 4.93. The van der Waals surface area contributed by atoms with E-state index in [1.54, 1.807) is 0 Å². The topological polar surface area (TPSA) is 57.5 Å². The minimum Gasteiger partial charge on any atom is -0.324 e. The Kier molecular flexibility index (Phi) is 5.68. The predicted octanol–water partition coefficient (Wildman–Crippen LogP) is 3.71. The Morgan fingerprint density at radius 1 is 1.12 bits per heavy atom. The fraction of sp³-hybridized carbons (Fsp3) is 0.400. The lowest BCUT2D eigenvalue weighted by atomic mass is 10.1. The van der Waals surface area contributed by atoms with E-state index in [1.165, 1.54) is 5.56 Å². The predicted molar refractivity (Wildman–Crippen MR) is 71.7 cm³/mol. The van der Waals surface area contributed by atoms with Crippen LogP contribution in [0, 0.1) is 0 Å². The van der Waals surface area contributed by atoms with E-state index in [0.29, 0.717) is 6.42 Å². The van der Waals surface area contributed by atoms with E-state index in [-0.39, 0.29) is 6.16 Å². The van der Waals surface area contributed by atoms with Gasteiger partial charge >= 0.3 is 7.60 Å². The molecule has 0 aliphatic rings. The third kappa shape index (κ3) is 5.60. The van der Waals surface area contributed by atoms with Crippen LogP contribution in [0.25, 0.3) is 0 Å². The van der Waals surface area contributed by atoms with Gasteiger partial charge in [0.2, 0.25) is 0 Å². The fourth-order valence-corrected chi connectivity index (χ4v) is 2.65. The van der Waals surface area contributed by atoms with E-state index in [9.17, 15) is 4.57 Å². The molecule has 0 heterocycles. The molecule has 1 rings (SSSR count). The lowest BCUT2D eigenvalue weighted by Gasteiger charge is -2.05. The van der Waals surface area contributed by atoms with Crippen molar-refractivity contribution in [3.05, 3.63) is 32.7 Å². The largest absolute Gasteiger partial charge is 0.325 e. The second-order valence-corrected chi connectivity index (χ2v) is 7.08. The second kappa shape index (κ2) is 6.31. The Hall–Kier alpha value is 0.330. The van der Waals surface area contributed by atoms with Crippen molar-refractivity contribution in [3.63, 3.8) is 0 Å². The zero-order valence-corrected chi connectivity index (χ0v) is 12.6. The Bertz CT molecular complexity index is 403. The van der Waals surface area contributed by atoms with Crippen LogP contribution in [0.2, 0.25) is 0 Å². The van der Waals surface area contributed by atoms with Crippen molar-refractivity contribution in [1.29, 1.82) is 0 Å². The van der Waals surface area contributed by atoms with Gasteiger partial charge in [0.15, 0.2) is 0 Å². The van der Waals surface area contributed by atoms with E-state index < -0.39 is 7.60 Å². The van der Waals surface area contributed by atoms with Crippen molar-refractivity contribution in [2.24, 2.45) is 0 Å². The molecule has 0 amide bonds. The summed E-state index contributed by atoms with van der Waals surface area (Å²) in [6.07, 6.45) is 2.16. The first-order valence-electron chi connectivity index (χ1n) is 4.87. The van der Waals surface area contributed by atoms with Gasteiger partial charge in [-0.3, -0.25) is 4.57 Å². The fourth-order valence-electron chi connectivity index (χ4n) is 1.34. The molecule has 2 N–H and O–H groups in total. The number of hydrogen-bond acceptors (Lipinski definition) is 1. The molecular weight excluding hydrogens is 359 g/mol. The maximum atomic E-state index is 10.6. The van der Waals surface area contributed by atoms with E-state index >= 15 is 0 Å². The molecule has 0 atom stereocenters. The highest BCUT2D eigenvalue weighted by Crippen LogP contribution is 2.35. The first-order valence-corrected chi connectivity index (χ1v) is 8.25. The quantitative estimate of drug-likeness (QED) is 0.612. The Morgan fingerprint density at radius 3 is 2.38 bits per heavy atom.